The predicted molar refractivity (Wildman–Crippen MR) is 73.2 cm³/mol. The van der Waals surface area contributed by atoms with E-state index < -0.39 is 0 Å². The minimum absolute atomic E-state index is 0.155. The number of carbonyl (C=O) groups excluding carboxylic acids is 1. The number of hydrogen-bond acceptors (Lipinski definition) is 1. The minimum Gasteiger partial charge on any atom is -0.295 e. The van der Waals surface area contributed by atoms with Gasteiger partial charge in [-0.3, -0.25) is 4.79 Å². The molecule has 0 radical (unpaired) electrons. The van der Waals surface area contributed by atoms with Crippen LogP contribution in [0.2, 0.25) is 0 Å². The van der Waals surface area contributed by atoms with Gasteiger partial charge in [0.1, 0.15) is 0 Å². The van der Waals surface area contributed by atoms with Crippen molar-refractivity contribution in [2.24, 2.45) is 0 Å². The summed E-state index contributed by atoms with van der Waals surface area (Å²) in [6.45, 7) is 19.7. The van der Waals surface area contributed by atoms with Crippen molar-refractivity contribution in [2.75, 3.05) is 0 Å². The summed E-state index contributed by atoms with van der Waals surface area (Å²) in [6.07, 6.45) is 5.31. The molecule has 0 amide bonds. The summed E-state index contributed by atoms with van der Waals surface area (Å²) in [5.41, 5.74) is 0.833. The Morgan fingerprint density at radius 3 is 1.13 bits per heavy atom. The van der Waals surface area contributed by atoms with E-state index in [0.717, 1.165) is 5.57 Å². The second kappa shape index (κ2) is 29.3. The summed E-state index contributed by atoms with van der Waals surface area (Å²) in [7, 11) is 0. The van der Waals surface area contributed by atoms with Gasteiger partial charge in [0, 0.05) is 0 Å². The van der Waals surface area contributed by atoms with Crippen LogP contribution in [0.3, 0.4) is 0 Å². The van der Waals surface area contributed by atoms with E-state index in [4.69, 9.17) is 0 Å². The Balaban J connectivity index is -0.0000000638. The molecule has 0 aromatic rings. The fourth-order valence-electron chi connectivity index (χ4n) is 0.203. The average molecular weight is 212 g/mol. The smallest absolute Gasteiger partial charge is 0.155 e. The van der Waals surface area contributed by atoms with Gasteiger partial charge in [-0.15, -0.1) is 13.2 Å². The van der Waals surface area contributed by atoms with Crippen LogP contribution < -0.4 is 0 Å². The summed E-state index contributed by atoms with van der Waals surface area (Å²) in [4.78, 5) is 10.3. The molecule has 0 aliphatic heterocycles. The molecule has 0 saturated heterocycles. The van der Waals surface area contributed by atoms with Crippen LogP contribution >= 0.6 is 0 Å². The molecule has 15 heavy (non-hydrogen) atoms. The third kappa shape index (κ3) is 63.9. The van der Waals surface area contributed by atoms with Crippen LogP contribution in [0.15, 0.2) is 37.0 Å². The Morgan fingerprint density at radius 1 is 0.933 bits per heavy atom. The van der Waals surface area contributed by atoms with E-state index in [9.17, 15) is 4.79 Å². The minimum atomic E-state index is 0.155. The van der Waals surface area contributed by atoms with Gasteiger partial charge in [-0.25, -0.2) is 0 Å². The molecule has 90 valence electrons. The van der Waals surface area contributed by atoms with Gasteiger partial charge in [0.2, 0.25) is 0 Å². The SMILES string of the molecule is C/C=C(\C)C(C)=O.C=CC.C=CC.CC. The monoisotopic (exact) mass is 212 g/mol. The van der Waals surface area contributed by atoms with Gasteiger partial charge in [0.25, 0.3) is 0 Å². The van der Waals surface area contributed by atoms with Gasteiger partial charge in [-0.05, 0) is 40.2 Å². The van der Waals surface area contributed by atoms with E-state index in [1.807, 2.05) is 47.6 Å². The van der Waals surface area contributed by atoms with E-state index >= 15 is 0 Å². The summed E-state index contributed by atoms with van der Waals surface area (Å²) < 4.78 is 0. The average Bonchev–Trinajstić information content (AvgIpc) is 2.22. The Kier molecular flexibility index (Phi) is 46.0. The highest BCUT2D eigenvalue weighted by atomic mass is 16.1. The van der Waals surface area contributed by atoms with E-state index in [1.54, 1.807) is 19.1 Å². The molecule has 1 heteroatoms. The maximum Gasteiger partial charge on any atom is 0.155 e. The zero-order chi connectivity index (χ0) is 13.3. The largest absolute Gasteiger partial charge is 0.295 e. The first-order chi connectivity index (χ1) is 7.01. The lowest BCUT2D eigenvalue weighted by molar-refractivity contribution is -0.113. The van der Waals surface area contributed by atoms with Crippen molar-refractivity contribution in [3.05, 3.63) is 37.0 Å². The standard InChI is InChI=1S/C6H10O.2C3H6.C2H6/c1-4-5(2)6(3)7;2*1-3-2;1-2/h4H,1-3H3;2*3H,1H2,2H3;1-2H3/b5-4+;;;. The quantitative estimate of drug-likeness (QED) is 0.444. The Hall–Kier alpha value is -1.11. The second-order valence-corrected chi connectivity index (χ2v) is 2.34. The molecular weight excluding hydrogens is 184 g/mol. The molecule has 0 fully saturated rings. The van der Waals surface area contributed by atoms with Crippen molar-refractivity contribution < 1.29 is 4.79 Å². The summed E-state index contributed by atoms with van der Waals surface area (Å²) in [5.74, 6) is 0.155. The van der Waals surface area contributed by atoms with Crippen LogP contribution in [-0.4, -0.2) is 5.78 Å². The Bertz CT molecular complexity index is 158. The Morgan fingerprint density at radius 2 is 1.13 bits per heavy atom. The molecule has 0 atom stereocenters. The van der Waals surface area contributed by atoms with Crippen molar-refractivity contribution in [1.29, 1.82) is 0 Å². The highest BCUT2D eigenvalue weighted by Gasteiger charge is 1.89. The molecule has 0 heterocycles. The van der Waals surface area contributed by atoms with Gasteiger partial charge < -0.3 is 0 Å². The normalized spacial score (nSPS) is 7.53. The molecule has 0 aliphatic carbocycles. The van der Waals surface area contributed by atoms with Gasteiger partial charge in [0.15, 0.2) is 5.78 Å². The molecular formula is C14H28O. The fraction of sp³-hybridized carbons (Fsp3) is 0.500. The number of ketones is 1. The van der Waals surface area contributed by atoms with Gasteiger partial charge in [-0.2, -0.15) is 0 Å². The van der Waals surface area contributed by atoms with Gasteiger partial charge in [0.05, 0.1) is 0 Å². The highest BCUT2D eigenvalue weighted by Crippen LogP contribution is 1.90. The lowest BCUT2D eigenvalue weighted by Crippen LogP contribution is -1.88. The van der Waals surface area contributed by atoms with Crippen molar-refractivity contribution in [2.45, 2.75) is 48.5 Å². The number of hydrogen-bond donors (Lipinski definition) is 0. The molecule has 0 aliphatic rings. The lowest BCUT2D eigenvalue weighted by Gasteiger charge is -1.85. The Labute approximate surface area is 96.6 Å². The molecule has 0 N–H and O–H groups in total. The van der Waals surface area contributed by atoms with E-state index in [2.05, 4.69) is 13.2 Å². The number of allylic oxidation sites excluding steroid dienone is 4. The van der Waals surface area contributed by atoms with E-state index in [-0.39, 0.29) is 5.78 Å². The summed E-state index contributed by atoms with van der Waals surface area (Å²) >= 11 is 0. The first-order valence-electron chi connectivity index (χ1n) is 5.29. The number of Topliss-reactive ketones (excluding diaryl/α,β-unsaturated/α-hetero) is 1. The molecule has 0 rings (SSSR count). The fourth-order valence-corrected chi connectivity index (χ4v) is 0.203. The van der Waals surface area contributed by atoms with Crippen LogP contribution in [0.25, 0.3) is 0 Å². The zero-order valence-electron chi connectivity index (χ0n) is 11.6. The maximum absolute atomic E-state index is 10.3. The topological polar surface area (TPSA) is 17.1 Å². The van der Waals surface area contributed by atoms with Crippen molar-refractivity contribution in [1.82, 2.24) is 0 Å². The van der Waals surface area contributed by atoms with Gasteiger partial charge in [-0.1, -0.05) is 32.1 Å². The molecule has 0 aromatic carbocycles. The first kappa shape index (κ1) is 23.6. The summed E-state index contributed by atoms with van der Waals surface area (Å²) in [6, 6.07) is 0. The lowest BCUT2D eigenvalue weighted by atomic mass is 10.2. The zero-order valence-corrected chi connectivity index (χ0v) is 11.6. The van der Waals surface area contributed by atoms with E-state index in [1.165, 1.54) is 0 Å². The van der Waals surface area contributed by atoms with Crippen LogP contribution in [-0.2, 0) is 4.79 Å². The summed E-state index contributed by atoms with van der Waals surface area (Å²) in [5, 5.41) is 0. The van der Waals surface area contributed by atoms with E-state index in [0.29, 0.717) is 0 Å². The first-order valence-corrected chi connectivity index (χ1v) is 5.29. The van der Waals surface area contributed by atoms with Crippen LogP contribution in [0.1, 0.15) is 48.5 Å². The van der Waals surface area contributed by atoms with Crippen molar-refractivity contribution >= 4 is 5.78 Å². The number of carbonyl (C=O) groups is 1. The third-order valence-corrected chi connectivity index (χ3v) is 0.988. The second-order valence-electron chi connectivity index (χ2n) is 2.34. The molecule has 0 saturated carbocycles. The highest BCUT2D eigenvalue weighted by molar-refractivity contribution is 5.92. The maximum atomic E-state index is 10.3. The predicted octanol–water partition coefficient (Wildman–Crippen LogP) is 4.95. The van der Waals surface area contributed by atoms with Crippen LogP contribution in [0.4, 0.5) is 0 Å². The molecule has 0 aromatic heterocycles. The van der Waals surface area contributed by atoms with Crippen LogP contribution in [0.5, 0.6) is 0 Å². The van der Waals surface area contributed by atoms with Crippen molar-refractivity contribution in [3.63, 3.8) is 0 Å². The van der Waals surface area contributed by atoms with Gasteiger partial charge >= 0.3 is 0 Å². The number of rotatable bonds is 1. The van der Waals surface area contributed by atoms with Crippen molar-refractivity contribution in [3.8, 4) is 0 Å². The third-order valence-electron chi connectivity index (χ3n) is 0.988. The van der Waals surface area contributed by atoms with Crippen LogP contribution in [0, 0.1) is 0 Å². The molecule has 0 spiro atoms. The molecule has 1 nitrogen and oxygen atoms in total. The molecule has 0 bridgehead atoms. The molecule has 0 unspecified atom stereocenters.